The van der Waals surface area contributed by atoms with Crippen LogP contribution in [0.1, 0.15) is 32.4 Å². The van der Waals surface area contributed by atoms with E-state index in [1.54, 1.807) is 18.3 Å². The number of benzene rings is 1. The average Bonchev–Trinajstić information content (AvgIpc) is 2.38. The molecule has 0 aliphatic carbocycles. The smallest absolute Gasteiger partial charge is 0.226 e. The Hall–Kier alpha value is -2.17. The summed E-state index contributed by atoms with van der Waals surface area (Å²) in [6, 6.07) is 8.06. The number of nitrogens with zero attached hydrogens (tertiary/aromatic N) is 2. The fourth-order valence-corrected chi connectivity index (χ4v) is 1.77. The fourth-order valence-electron chi connectivity index (χ4n) is 1.77. The van der Waals surface area contributed by atoms with E-state index in [9.17, 15) is 4.39 Å². The van der Waals surface area contributed by atoms with Crippen LogP contribution in [-0.2, 0) is 0 Å². The van der Waals surface area contributed by atoms with Gasteiger partial charge in [-0.05, 0) is 38.5 Å². The minimum atomic E-state index is -0.256. The number of rotatable bonds is 5. The van der Waals surface area contributed by atoms with E-state index in [1.165, 1.54) is 12.1 Å². The molecule has 2 aromatic rings. The molecular weight excluding hydrogens is 257 g/mol. The van der Waals surface area contributed by atoms with Crippen LogP contribution in [-0.4, -0.2) is 16.1 Å². The summed E-state index contributed by atoms with van der Waals surface area (Å²) in [5.74, 6) is 0.720. The van der Waals surface area contributed by atoms with Crippen LogP contribution in [0.3, 0.4) is 0 Å². The summed E-state index contributed by atoms with van der Waals surface area (Å²) in [6.07, 6.45) is 1.68. The molecule has 0 fully saturated rings. The van der Waals surface area contributed by atoms with Crippen molar-refractivity contribution in [2.75, 3.05) is 5.32 Å². The lowest BCUT2D eigenvalue weighted by atomic mass is 10.1. The lowest BCUT2D eigenvalue weighted by Gasteiger charge is -2.15. The summed E-state index contributed by atoms with van der Waals surface area (Å²) < 4.78 is 18.7. The van der Waals surface area contributed by atoms with Crippen molar-refractivity contribution >= 4 is 5.95 Å². The second-order valence-electron chi connectivity index (χ2n) is 4.81. The molecule has 5 heteroatoms. The highest BCUT2D eigenvalue weighted by molar-refractivity contribution is 5.33. The van der Waals surface area contributed by atoms with Crippen LogP contribution >= 0.6 is 0 Å². The summed E-state index contributed by atoms with van der Waals surface area (Å²) >= 11 is 0. The molecule has 1 heterocycles. The summed E-state index contributed by atoms with van der Waals surface area (Å²) in [5, 5.41) is 3.13. The molecule has 106 valence electrons. The van der Waals surface area contributed by atoms with Crippen molar-refractivity contribution in [2.45, 2.75) is 32.9 Å². The molecule has 2 rings (SSSR count). The Balaban J connectivity index is 2.09. The van der Waals surface area contributed by atoms with Crippen molar-refractivity contribution in [3.8, 4) is 5.88 Å². The first kappa shape index (κ1) is 14.2. The Morgan fingerprint density at radius 3 is 2.70 bits per heavy atom. The van der Waals surface area contributed by atoms with Crippen molar-refractivity contribution in [2.24, 2.45) is 0 Å². The maximum atomic E-state index is 13.2. The zero-order valence-electron chi connectivity index (χ0n) is 11.8. The molecule has 0 aliphatic rings. The van der Waals surface area contributed by atoms with Gasteiger partial charge in [-0.1, -0.05) is 12.1 Å². The summed E-state index contributed by atoms with van der Waals surface area (Å²) in [4.78, 5) is 8.40. The minimum absolute atomic E-state index is 0.0541. The van der Waals surface area contributed by atoms with Gasteiger partial charge in [-0.15, -0.1) is 0 Å². The zero-order chi connectivity index (χ0) is 14.5. The molecule has 20 heavy (non-hydrogen) atoms. The maximum absolute atomic E-state index is 13.2. The molecule has 0 spiro atoms. The SMILES string of the molecule is CC(C)Oc1ccnc(NC(C)c2cccc(F)c2)n1. The Labute approximate surface area is 118 Å². The van der Waals surface area contributed by atoms with Crippen LogP contribution in [0.15, 0.2) is 36.5 Å². The highest BCUT2D eigenvalue weighted by atomic mass is 19.1. The largest absolute Gasteiger partial charge is 0.475 e. The molecule has 0 saturated carbocycles. The van der Waals surface area contributed by atoms with Gasteiger partial charge in [0, 0.05) is 12.3 Å². The summed E-state index contributed by atoms with van der Waals surface area (Å²) in [7, 11) is 0. The van der Waals surface area contributed by atoms with Gasteiger partial charge in [0.2, 0.25) is 11.8 Å². The van der Waals surface area contributed by atoms with Crippen LogP contribution in [0.2, 0.25) is 0 Å². The molecule has 0 amide bonds. The molecule has 0 saturated heterocycles. The first-order chi connectivity index (χ1) is 9.54. The van der Waals surface area contributed by atoms with Gasteiger partial charge in [0.25, 0.3) is 0 Å². The van der Waals surface area contributed by atoms with Gasteiger partial charge >= 0.3 is 0 Å². The highest BCUT2D eigenvalue weighted by Gasteiger charge is 2.09. The summed E-state index contributed by atoms with van der Waals surface area (Å²) in [5.41, 5.74) is 0.837. The lowest BCUT2D eigenvalue weighted by Crippen LogP contribution is -2.12. The molecule has 1 aromatic carbocycles. The topological polar surface area (TPSA) is 47.0 Å². The van der Waals surface area contributed by atoms with E-state index in [1.807, 2.05) is 26.8 Å². The second-order valence-corrected chi connectivity index (χ2v) is 4.81. The number of nitrogens with one attached hydrogen (secondary N) is 1. The van der Waals surface area contributed by atoms with Gasteiger partial charge in [0.1, 0.15) is 5.82 Å². The van der Waals surface area contributed by atoms with Gasteiger partial charge in [-0.2, -0.15) is 4.98 Å². The van der Waals surface area contributed by atoms with E-state index in [2.05, 4.69) is 15.3 Å². The monoisotopic (exact) mass is 275 g/mol. The maximum Gasteiger partial charge on any atom is 0.226 e. The van der Waals surface area contributed by atoms with Gasteiger partial charge in [0.05, 0.1) is 12.1 Å². The molecule has 1 atom stereocenters. The van der Waals surface area contributed by atoms with Crippen molar-refractivity contribution in [1.29, 1.82) is 0 Å². The minimum Gasteiger partial charge on any atom is -0.475 e. The van der Waals surface area contributed by atoms with E-state index >= 15 is 0 Å². The first-order valence-electron chi connectivity index (χ1n) is 6.56. The standard InChI is InChI=1S/C15H18FN3O/c1-10(2)20-14-7-8-17-15(19-14)18-11(3)12-5-4-6-13(16)9-12/h4-11H,1-3H3,(H,17,18,19). The molecule has 0 aliphatic heterocycles. The predicted octanol–water partition coefficient (Wildman–Crippen LogP) is 3.58. The van der Waals surface area contributed by atoms with Crippen LogP contribution < -0.4 is 10.1 Å². The molecule has 4 nitrogen and oxygen atoms in total. The van der Waals surface area contributed by atoms with E-state index in [0.717, 1.165) is 5.56 Å². The van der Waals surface area contributed by atoms with Gasteiger partial charge in [0.15, 0.2) is 0 Å². The van der Waals surface area contributed by atoms with Crippen LogP contribution in [0.5, 0.6) is 5.88 Å². The molecule has 0 bridgehead atoms. The molecular formula is C15H18FN3O. The quantitative estimate of drug-likeness (QED) is 0.906. The van der Waals surface area contributed by atoms with E-state index < -0.39 is 0 Å². The van der Waals surface area contributed by atoms with Gasteiger partial charge in [-0.3, -0.25) is 0 Å². The average molecular weight is 275 g/mol. The van der Waals surface area contributed by atoms with Crippen molar-refractivity contribution in [3.63, 3.8) is 0 Å². The van der Waals surface area contributed by atoms with Gasteiger partial charge in [-0.25, -0.2) is 9.37 Å². The van der Waals surface area contributed by atoms with Gasteiger partial charge < -0.3 is 10.1 Å². The Morgan fingerprint density at radius 2 is 2.00 bits per heavy atom. The van der Waals surface area contributed by atoms with Crippen molar-refractivity contribution < 1.29 is 9.13 Å². The number of halogens is 1. The Kier molecular flexibility index (Phi) is 4.50. The highest BCUT2D eigenvalue weighted by Crippen LogP contribution is 2.19. The first-order valence-corrected chi connectivity index (χ1v) is 6.56. The molecule has 0 radical (unpaired) electrons. The van der Waals surface area contributed by atoms with Crippen LogP contribution in [0.4, 0.5) is 10.3 Å². The Bertz CT molecular complexity index is 575. The zero-order valence-corrected chi connectivity index (χ0v) is 11.8. The van der Waals surface area contributed by atoms with E-state index in [4.69, 9.17) is 4.74 Å². The van der Waals surface area contributed by atoms with Crippen molar-refractivity contribution in [1.82, 2.24) is 9.97 Å². The Morgan fingerprint density at radius 1 is 1.20 bits per heavy atom. The van der Waals surface area contributed by atoms with Crippen LogP contribution in [0, 0.1) is 5.82 Å². The molecule has 1 unspecified atom stereocenters. The molecule has 1 aromatic heterocycles. The predicted molar refractivity (Wildman–Crippen MR) is 76.2 cm³/mol. The third-order valence-corrected chi connectivity index (χ3v) is 2.68. The molecule has 1 N–H and O–H groups in total. The lowest BCUT2D eigenvalue weighted by molar-refractivity contribution is 0.232. The third kappa shape index (κ3) is 3.91. The van der Waals surface area contributed by atoms with Crippen molar-refractivity contribution in [3.05, 3.63) is 47.9 Å². The fraction of sp³-hybridized carbons (Fsp3) is 0.333. The number of anilines is 1. The van der Waals surface area contributed by atoms with Crippen LogP contribution in [0.25, 0.3) is 0 Å². The second kappa shape index (κ2) is 6.32. The number of hydrogen-bond acceptors (Lipinski definition) is 4. The number of ether oxygens (including phenoxy) is 1. The van der Waals surface area contributed by atoms with E-state index in [-0.39, 0.29) is 18.0 Å². The summed E-state index contributed by atoms with van der Waals surface area (Å²) in [6.45, 7) is 5.79. The van der Waals surface area contributed by atoms with E-state index in [0.29, 0.717) is 11.8 Å². The number of hydrogen-bond donors (Lipinski definition) is 1. The third-order valence-electron chi connectivity index (χ3n) is 2.68. The number of aromatic nitrogens is 2. The normalized spacial score (nSPS) is 12.2.